The van der Waals surface area contributed by atoms with Crippen LogP contribution < -0.4 is 0 Å². The van der Waals surface area contributed by atoms with Crippen molar-refractivity contribution < 1.29 is 0 Å². The molecular formula is C15H19Cl2N. The van der Waals surface area contributed by atoms with Gasteiger partial charge < -0.3 is 4.90 Å². The Bertz CT molecular complexity index is 460. The van der Waals surface area contributed by atoms with Crippen LogP contribution in [0.5, 0.6) is 0 Å². The fourth-order valence-electron chi connectivity index (χ4n) is 3.39. The number of fused-ring (bicyclic) bond motifs is 1. The third-order valence-electron chi connectivity index (χ3n) is 4.54. The number of benzene rings is 1. The van der Waals surface area contributed by atoms with Crippen LogP contribution in [-0.4, -0.2) is 24.5 Å². The molecule has 0 aromatic heterocycles. The van der Waals surface area contributed by atoms with Gasteiger partial charge in [0.05, 0.1) is 10.0 Å². The molecular weight excluding hydrogens is 265 g/mol. The molecule has 1 saturated carbocycles. The molecule has 1 aromatic carbocycles. The van der Waals surface area contributed by atoms with Gasteiger partial charge in [0.2, 0.25) is 0 Å². The molecule has 3 rings (SSSR count). The second-order valence-electron chi connectivity index (χ2n) is 5.77. The van der Waals surface area contributed by atoms with E-state index in [1.807, 2.05) is 6.07 Å². The molecule has 1 saturated heterocycles. The number of hydrogen-bond acceptors (Lipinski definition) is 1. The van der Waals surface area contributed by atoms with Crippen LogP contribution in [-0.2, 0) is 5.41 Å². The van der Waals surface area contributed by atoms with Gasteiger partial charge in [-0.25, -0.2) is 0 Å². The van der Waals surface area contributed by atoms with Crippen LogP contribution >= 0.6 is 23.2 Å². The average molecular weight is 284 g/mol. The van der Waals surface area contributed by atoms with Crippen molar-refractivity contribution in [1.82, 2.24) is 4.90 Å². The molecule has 1 aliphatic carbocycles. The molecule has 1 aliphatic heterocycles. The quantitative estimate of drug-likeness (QED) is 0.793. The largest absolute Gasteiger partial charge is 0.302 e. The van der Waals surface area contributed by atoms with E-state index in [1.54, 1.807) is 0 Å². The molecule has 3 heteroatoms. The molecule has 98 valence electrons. The maximum absolute atomic E-state index is 6.15. The van der Waals surface area contributed by atoms with E-state index in [9.17, 15) is 0 Å². The number of halogens is 2. The van der Waals surface area contributed by atoms with Gasteiger partial charge in [-0.1, -0.05) is 42.6 Å². The summed E-state index contributed by atoms with van der Waals surface area (Å²) in [4.78, 5) is 2.61. The van der Waals surface area contributed by atoms with Crippen molar-refractivity contribution in [2.45, 2.75) is 31.6 Å². The smallest absolute Gasteiger partial charge is 0.0595 e. The maximum atomic E-state index is 6.15. The number of piperidine rings is 1. The Hall–Kier alpha value is -0.240. The summed E-state index contributed by atoms with van der Waals surface area (Å²) in [6.45, 7) is 5.97. The van der Waals surface area contributed by atoms with Crippen molar-refractivity contribution in [3.05, 3.63) is 33.8 Å². The summed E-state index contributed by atoms with van der Waals surface area (Å²) >= 11 is 12.1. The lowest BCUT2D eigenvalue weighted by Crippen LogP contribution is -2.27. The zero-order valence-electron chi connectivity index (χ0n) is 10.8. The molecule has 0 spiro atoms. The number of likely N-dealkylation sites (tertiary alicyclic amines) is 1. The van der Waals surface area contributed by atoms with Crippen LogP contribution in [0.25, 0.3) is 0 Å². The first-order valence-electron chi connectivity index (χ1n) is 6.83. The van der Waals surface area contributed by atoms with E-state index in [-0.39, 0.29) is 0 Å². The first-order valence-corrected chi connectivity index (χ1v) is 7.59. The zero-order chi connectivity index (χ0) is 12.8. The van der Waals surface area contributed by atoms with E-state index in [2.05, 4.69) is 24.0 Å². The Morgan fingerprint density at radius 1 is 1.33 bits per heavy atom. The molecule has 0 amide bonds. The second kappa shape index (κ2) is 4.70. The number of unbranched alkanes of at least 4 members (excludes halogenated alkanes) is 1. The van der Waals surface area contributed by atoms with Crippen LogP contribution in [0.1, 0.15) is 31.7 Å². The van der Waals surface area contributed by atoms with Gasteiger partial charge in [-0.15, -0.1) is 0 Å². The molecule has 0 unspecified atom stereocenters. The zero-order valence-corrected chi connectivity index (χ0v) is 12.3. The van der Waals surface area contributed by atoms with E-state index in [0.717, 1.165) is 5.92 Å². The SMILES string of the molecule is CCCCN1C[C@H]2C[C@]2(c2ccc(Cl)c(Cl)c2)C1. The number of hydrogen-bond donors (Lipinski definition) is 0. The minimum Gasteiger partial charge on any atom is -0.302 e. The third-order valence-corrected chi connectivity index (χ3v) is 5.28. The van der Waals surface area contributed by atoms with Gasteiger partial charge in [-0.05, 0) is 43.0 Å². The van der Waals surface area contributed by atoms with Crippen molar-refractivity contribution in [2.24, 2.45) is 5.92 Å². The van der Waals surface area contributed by atoms with Gasteiger partial charge in [-0.2, -0.15) is 0 Å². The minimum atomic E-state index is 0.391. The molecule has 0 radical (unpaired) electrons. The molecule has 2 atom stereocenters. The summed E-state index contributed by atoms with van der Waals surface area (Å²) in [5, 5.41) is 1.36. The summed E-state index contributed by atoms with van der Waals surface area (Å²) in [7, 11) is 0. The van der Waals surface area contributed by atoms with Crippen molar-refractivity contribution in [3.63, 3.8) is 0 Å². The van der Waals surface area contributed by atoms with E-state index in [1.165, 1.54) is 44.5 Å². The Kier molecular flexibility index (Phi) is 3.34. The fourth-order valence-corrected chi connectivity index (χ4v) is 3.69. The minimum absolute atomic E-state index is 0.391. The van der Waals surface area contributed by atoms with Gasteiger partial charge in [-0.3, -0.25) is 0 Å². The third kappa shape index (κ3) is 2.07. The van der Waals surface area contributed by atoms with Crippen molar-refractivity contribution in [1.29, 1.82) is 0 Å². The second-order valence-corrected chi connectivity index (χ2v) is 6.59. The van der Waals surface area contributed by atoms with E-state index < -0.39 is 0 Å². The van der Waals surface area contributed by atoms with Crippen LogP contribution in [0.2, 0.25) is 10.0 Å². The lowest BCUT2D eigenvalue weighted by Gasteiger charge is -2.21. The normalized spacial score (nSPS) is 30.5. The van der Waals surface area contributed by atoms with Crippen LogP contribution in [0.3, 0.4) is 0 Å². The lowest BCUT2D eigenvalue weighted by molar-refractivity contribution is 0.293. The predicted octanol–water partition coefficient (Wildman–Crippen LogP) is 4.37. The van der Waals surface area contributed by atoms with Gasteiger partial charge in [0.25, 0.3) is 0 Å². The summed E-state index contributed by atoms with van der Waals surface area (Å²) in [6, 6.07) is 6.18. The Labute approximate surface area is 119 Å². The summed E-state index contributed by atoms with van der Waals surface area (Å²) < 4.78 is 0. The van der Waals surface area contributed by atoms with E-state index >= 15 is 0 Å². The van der Waals surface area contributed by atoms with Crippen LogP contribution in [0.4, 0.5) is 0 Å². The van der Waals surface area contributed by atoms with Gasteiger partial charge >= 0.3 is 0 Å². The van der Waals surface area contributed by atoms with Crippen molar-refractivity contribution in [3.8, 4) is 0 Å². The van der Waals surface area contributed by atoms with Crippen LogP contribution in [0, 0.1) is 5.92 Å². The van der Waals surface area contributed by atoms with Gasteiger partial charge in [0, 0.05) is 18.5 Å². The summed E-state index contributed by atoms with van der Waals surface area (Å²) in [6.07, 6.45) is 3.92. The molecule has 1 nitrogen and oxygen atoms in total. The Morgan fingerprint density at radius 2 is 2.17 bits per heavy atom. The molecule has 1 heterocycles. The van der Waals surface area contributed by atoms with Crippen molar-refractivity contribution in [2.75, 3.05) is 19.6 Å². The summed E-state index contributed by atoms with van der Waals surface area (Å²) in [5.74, 6) is 0.839. The molecule has 1 aromatic rings. The topological polar surface area (TPSA) is 3.24 Å². The first-order chi connectivity index (χ1) is 8.65. The average Bonchev–Trinajstić information content (AvgIpc) is 2.93. The molecule has 2 aliphatic rings. The first kappa shape index (κ1) is 12.8. The molecule has 0 bridgehead atoms. The Balaban J connectivity index is 1.75. The Morgan fingerprint density at radius 3 is 2.89 bits per heavy atom. The molecule has 2 fully saturated rings. The molecule has 0 N–H and O–H groups in total. The van der Waals surface area contributed by atoms with Gasteiger partial charge in [0.15, 0.2) is 0 Å². The van der Waals surface area contributed by atoms with E-state index in [4.69, 9.17) is 23.2 Å². The standard InChI is InChI=1S/C15H19Cl2N/c1-2-3-6-18-9-12-8-15(12,10-18)11-4-5-13(16)14(17)7-11/h4-5,7,12H,2-3,6,8-10H2,1H3/t12-,15-/m1/s1. The van der Waals surface area contributed by atoms with E-state index in [0.29, 0.717) is 15.5 Å². The highest BCUT2D eigenvalue weighted by atomic mass is 35.5. The predicted molar refractivity (Wildman–Crippen MR) is 77.6 cm³/mol. The number of rotatable bonds is 4. The monoisotopic (exact) mass is 283 g/mol. The van der Waals surface area contributed by atoms with Crippen LogP contribution in [0.15, 0.2) is 18.2 Å². The fraction of sp³-hybridized carbons (Fsp3) is 0.600. The highest BCUT2D eigenvalue weighted by Gasteiger charge is 2.60. The number of nitrogens with zero attached hydrogens (tertiary/aromatic N) is 1. The summed E-state index contributed by atoms with van der Waals surface area (Å²) in [5.41, 5.74) is 1.78. The lowest BCUT2D eigenvalue weighted by atomic mass is 9.95. The highest BCUT2D eigenvalue weighted by Crippen LogP contribution is 2.59. The maximum Gasteiger partial charge on any atom is 0.0595 e. The van der Waals surface area contributed by atoms with Gasteiger partial charge in [0.1, 0.15) is 0 Å². The highest BCUT2D eigenvalue weighted by molar-refractivity contribution is 6.42. The van der Waals surface area contributed by atoms with Crippen molar-refractivity contribution >= 4 is 23.2 Å². The molecule has 18 heavy (non-hydrogen) atoms.